The topological polar surface area (TPSA) is 18.5 Å². The summed E-state index contributed by atoms with van der Waals surface area (Å²) in [6.45, 7) is 7.16. The maximum atomic E-state index is 6.99. The van der Waals surface area contributed by atoms with Crippen molar-refractivity contribution in [3.05, 3.63) is 0 Å². The molecule has 2 saturated carbocycles. The van der Waals surface area contributed by atoms with E-state index in [0.29, 0.717) is 12.2 Å². The molecule has 0 amide bonds. The van der Waals surface area contributed by atoms with E-state index in [-0.39, 0.29) is 6.29 Å². The summed E-state index contributed by atoms with van der Waals surface area (Å²) in [4.78, 5) is 0. The summed E-state index contributed by atoms with van der Waals surface area (Å²) in [6, 6.07) is 0. The van der Waals surface area contributed by atoms with Crippen LogP contribution in [0.4, 0.5) is 0 Å². The van der Waals surface area contributed by atoms with Gasteiger partial charge < -0.3 is 0 Å². The molecule has 0 radical (unpaired) electrons. The van der Waals surface area contributed by atoms with Gasteiger partial charge >= 0.3 is 199 Å². The fourth-order valence-electron chi connectivity index (χ4n) is 7.01. The standard InChI is InChI=1S/C16H27O2.3C4H9.Sn/c1-12-17-15(13-8-4-2-5-9-13)16(18-12)14-10-6-3-7-11-14;3*1-3-4-2;/h12-16H,1-11H2;3*1,3-4H2,2H3;/t15-,16-;;;;/m1..../s1. The first-order valence-corrected chi connectivity index (χ1v) is 22.6. The molecule has 3 fully saturated rings. The Morgan fingerprint density at radius 2 is 0.968 bits per heavy atom. The molecule has 1 heterocycles. The van der Waals surface area contributed by atoms with Crippen LogP contribution in [0.25, 0.3) is 0 Å². The second-order valence-corrected chi connectivity index (χ2v) is 25.5. The number of hydrogen-bond donors (Lipinski definition) is 0. The summed E-state index contributed by atoms with van der Waals surface area (Å²) >= 11 is -2.24. The molecule has 2 atom stereocenters. The zero-order valence-electron chi connectivity index (χ0n) is 21.3. The Hall–Kier alpha value is 0.719. The maximum absolute atomic E-state index is 6.99. The molecule has 0 aromatic rings. The van der Waals surface area contributed by atoms with Crippen molar-refractivity contribution in [2.24, 2.45) is 11.8 Å². The van der Waals surface area contributed by atoms with Gasteiger partial charge in [-0.05, 0) is 0 Å². The first-order chi connectivity index (χ1) is 15.2. The van der Waals surface area contributed by atoms with Gasteiger partial charge in [0.2, 0.25) is 0 Å². The molecule has 3 rings (SSSR count). The molecule has 0 spiro atoms. The molecule has 2 aliphatic carbocycles. The van der Waals surface area contributed by atoms with Gasteiger partial charge in [-0.1, -0.05) is 0 Å². The Bertz CT molecular complexity index is 422. The quantitative estimate of drug-likeness (QED) is 0.217. The Morgan fingerprint density at radius 3 is 1.32 bits per heavy atom. The van der Waals surface area contributed by atoms with E-state index in [2.05, 4.69) is 20.8 Å². The van der Waals surface area contributed by atoms with Crippen LogP contribution in [0.2, 0.25) is 17.7 Å². The van der Waals surface area contributed by atoms with Crippen LogP contribution in [0, 0.1) is 11.8 Å². The minimum atomic E-state index is -2.24. The van der Waals surface area contributed by atoms with Gasteiger partial charge in [0.25, 0.3) is 0 Å². The number of unbranched alkanes of at least 4 members (excludes halogenated alkanes) is 3. The van der Waals surface area contributed by atoms with Gasteiger partial charge in [-0.25, -0.2) is 0 Å². The molecule has 2 nitrogen and oxygen atoms in total. The molecular weight excluding hydrogens is 487 g/mol. The van der Waals surface area contributed by atoms with Crippen LogP contribution in [0.15, 0.2) is 0 Å². The molecule has 3 aliphatic rings. The molecule has 0 aromatic carbocycles. The number of ether oxygens (including phenoxy) is 2. The summed E-state index contributed by atoms with van der Waals surface area (Å²) in [5.41, 5.74) is 0. The predicted molar refractivity (Wildman–Crippen MR) is 136 cm³/mol. The van der Waals surface area contributed by atoms with Crippen LogP contribution in [0.1, 0.15) is 124 Å². The summed E-state index contributed by atoms with van der Waals surface area (Å²) in [6.07, 6.45) is 23.5. The Morgan fingerprint density at radius 1 is 0.581 bits per heavy atom. The normalized spacial score (nSPS) is 27.2. The second-order valence-electron chi connectivity index (χ2n) is 11.4. The molecule has 0 N–H and O–H groups in total. The molecule has 0 unspecified atom stereocenters. The average Bonchev–Trinajstić information content (AvgIpc) is 3.24. The summed E-state index contributed by atoms with van der Waals surface area (Å²) in [5, 5.41) is 0. The third kappa shape index (κ3) is 7.88. The Balaban J connectivity index is 1.72. The van der Waals surface area contributed by atoms with Crippen LogP contribution in [0.5, 0.6) is 0 Å². The van der Waals surface area contributed by atoms with Crippen molar-refractivity contribution < 1.29 is 9.47 Å². The van der Waals surface area contributed by atoms with Gasteiger partial charge in [0, 0.05) is 0 Å². The van der Waals surface area contributed by atoms with Crippen molar-refractivity contribution >= 4 is 18.4 Å². The van der Waals surface area contributed by atoms with Gasteiger partial charge in [0.1, 0.15) is 0 Å². The van der Waals surface area contributed by atoms with Crippen molar-refractivity contribution in [3.63, 3.8) is 0 Å². The van der Waals surface area contributed by atoms with E-state index in [1.54, 1.807) is 13.3 Å². The molecule has 31 heavy (non-hydrogen) atoms. The van der Waals surface area contributed by atoms with E-state index in [1.165, 1.54) is 107 Å². The third-order valence-corrected chi connectivity index (χ3v) is 24.5. The van der Waals surface area contributed by atoms with Crippen molar-refractivity contribution in [2.75, 3.05) is 0 Å². The Kier molecular flexibility index (Phi) is 12.1. The first-order valence-electron chi connectivity index (χ1n) is 14.5. The monoisotopic (exact) mass is 542 g/mol. The Labute approximate surface area is 198 Å². The van der Waals surface area contributed by atoms with Crippen LogP contribution in [-0.4, -0.2) is 36.9 Å². The van der Waals surface area contributed by atoms with Gasteiger partial charge in [0.05, 0.1) is 0 Å². The fraction of sp³-hybridized carbons (Fsp3) is 1.00. The summed E-state index contributed by atoms with van der Waals surface area (Å²) in [5.74, 6) is 1.55. The van der Waals surface area contributed by atoms with Crippen molar-refractivity contribution in [1.82, 2.24) is 0 Å². The third-order valence-electron chi connectivity index (χ3n) is 8.95. The zero-order valence-corrected chi connectivity index (χ0v) is 24.2. The zero-order chi connectivity index (χ0) is 21.9. The van der Waals surface area contributed by atoms with Crippen LogP contribution < -0.4 is 0 Å². The van der Waals surface area contributed by atoms with E-state index in [1.807, 2.05) is 0 Å². The van der Waals surface area contributed by atoms with Crippen molar-refractivity contribution in [2.45, 2.75) is 160 Å². The van der Waals surface area contributed by atoms with E-state index >= 15 is 0 Å². The molecule has 0 bridgehead atoms. The number of rotatable bonds is 13. The second kappa shape index (κ2) is 14.2. The van der Waals surface area contributed by atoms with Gasteiger partial charge in [0.15, 0.2) is 0 Å². The average molecular weight is 541 g/mol. The van der Waals surface area contributed by atoms with Crippen LogP contribution in [0.3, 0.4) is 0 Å². The van der Waals surface area contributed by atoms with Crippen LogP contribution >= 0.6 is 0 Å². The van der Waals surface area contributed by atoms with Crippen molar-refractivity contribution in [3.8, 4) is 0 Å². The predicted octanol–water partition coefficient (Wildman–Crippen LogP) is 9.11. The molecular formula is C28H54O2Sn. The van der Waals surface area contributed by atoms with Crippen LogP contribution in [-0.2, 0) is 9.47 Å². The SMILES string of the molecule is CCC[CH2][Sn]([CH2]CCC)([CH2]CCC)[CH2]C1O[C@H](C2CCCCC2)[C@@H](C2CCCCC2)O1. The van der Waals surface area contributed by atoms with Gasteiger partial charge in [-0.3, -0.25) is 0 Å². The van der Waals surface area contributed by atoms with Gasteiger partial charge in [-0.15, -0.1) is 0 Å². The van der Waals surface area contributed by atoms with Gasteiger partial charge in [-0.2, -0.15) is 0 Å². The van der Waals surface area contributed by atoms with E-state index in [9.17, 15) is 0 Å². The summed E-state index contributed by atoms with van der Waals surface area (Å²) < 4.78 is 20.1. The van der Waals surface area contributed by atoms with E-state index in [0.717, 1.165) is 11.8 Å². The molecule has 1 saturated heterocycles. The first kappa shape index (κ1) is 26.3. The number of hydrogen-bond acceptors (Lipinski definition) is 2. The minimum absolute atomic E-state index is 0.153. The van der Waals surface area contributed by atoms with Crippen molar-refractivity contribution in [1.29, 1.82) is 0 Å². The summed E-state index contributed by atoms with van der Waals surface area (Å²) in [7, 11) is 0. The molecule has 3 heteroatoms. The molecule has 182 valence electrons. The van der Waals surface area contributed by atoms with E-state index in [4.69, 9.17) is 9.47 Å². The fourth-order valence-corrected chi connectivity index (χ4v) is 22.9. The molecule has 0 aromatic heterocycles. The van der Waals surface area contributed by atoms with E-state index < -0.39 is 18.4 Å². The molecule has 1 aliphatic heterocycles.